The van der Waals surface area contributed by atoms with Crippen LogP contribution in [0.2, 0.25) is 0 Å². The molecule has 0 nitrogen and oxygen atoms in total. The SMILES string of the molecule is CC(C)[c-]1cccc1.CC(C)[c-]1cccc1.CC(C)[c-]1cccc1.[Gd+3]. The molecule has 0 amide bonds. The van der Waals surface area contributed by atoms with E-state index in [0.717, 1.165) is 0 Å². The zero-order chi connectivity index (χ0) is 17.9. The largest absolute Gasteiger partial charge is 3.00 e. The summed E-state index contributed by atoms with van der Waals surface area (Å²) in [7, 11) is 0. The van der Waals surface area contributed by atoms with Gasteiger partial charge in [-0.25, -0.2) is 36.4 Å². The van der Waals surface area contributed by atoms with E-state index in [4.69, 9.17) is 0 Å². The van der Waals surface area contributed by atoms with Gasteiger partial charge in [0.25, 0.3) is 0 Å². The van der Waals surface area contributed by atoms with Gasteiger partial charge >= 0.3 is 39.9 Å². The molecule has 0 aromatic heterocycles. The molecule has 0 aliphatic carbocycles. The number of hydrogen-bond acceptors (Lipinski definition) is 0. The third-order valence-electron chi connectivity index (χ3n) is 4.07. The van der Waals surface area contributed by atoms with Crippen LogP contribution in [0.5, 0.6) is 0 Å². The van der Waals surface area contributed by atoms with Crippen LogP contribution in [0.15, 0.2) is 72.8 Å². The van der Waals surface area contributed by atoms with Crippen molar-refractivity contribution in [1.29, 1.82) is 0 Å². The Morgan fingerprint density at radius 2 is 0.560 bits per heavy atom. The van der Waals surface area contributed by atoms with E-state index in [2.05, 4.69) is 114 Å². The van der Waals surface area contributed by atoms with Crippen LogP contribution in [-0.4, -0.2) is 0 Å². The van der Waals surface area contributed by atoms with E-state index >= 15 is 0 Å². The standard InChI is InChI=1S/3C8H11.Gd/c3*1-7(2)8-5-3-4-6-8;/h3*3-7H,1-2H3;/q3*-1;+3. The molecule has 25 heavy (non-hydrogen) atoms. The van der Waals surface area contributed by atoms with Crippen LogP contribution < -0.4 is 0 Å². The van der Waals surface area contributed by atoms with E-state index in [9.17, 15) is 0 Å². The molecular weight excluding hydrogens is 446 g/mol. The van der Waals surface area contributed by atoms with Gasteiger partial charge in [0.05, 0.1) is 0 Å². The van der Waals surface area contributed by atoms with Gasteiger partial charge in [-0.3, -0.25) is 0 Å². The van der Waals surface area contributed by atoms with Crippen molar-refractivity contribution >= 4 is 0 Å². The van der Waals surface area contributed by atoms with Crippen molar-refractivity contribution in [2.75, 3.05) is 0 Å². The average Bonchev–Trinajstić information content (AvgIpc) is 3.29. The summed E-state index contributed by atoms with van der Waals surface area (Å²) in [6, 6.07) is 25.4. The third kappa shape index (κ3) is 10.2. The van der Waals surface area contributed by atoms with Crippen LogP contribution >= 0.6 is 0 Å². The van der Waals surface area contributed by atoms with E-state index in [1.54, 1.807) is 0 Å². The molecule has 0 aliphatic rings. The molecule has 0 fully saturated rings. The minimum atomic E-state index is 0. The predicted molar refractivity (Wildman–Crippen MR) is 108 cm³/mol. The topological polar surface area (TPSA) is 0 Å². The summed E-state index contributed by atoms with van der Waals surface area (Å²) in [5, 5.41) is 0. The molecule has 0 unspecified atom stereocenters. The van der Waals surface area contributed by atoms with Gasteiger partial charge in [-0.05, 0) is 0 Å². The van der Waals surface area contributed by atoms with Gasteiger partial charge in [0.15, 0.2) is 0 Å². The van der Waals surface area contributed by atoms with Gasteiger partial charge in [0, 0.05) is 0 Å². The summed E-state index contributed by atoms with van der Waals surface area (Å²) in [4.78, 5) is 0. The fraction of sp³-hybridized carbons (Fsp3) is 0.375. The molecular formula is C24H33Gd. The van der Waals surface area contributed by atoms with E-state index < -0.39 is 0 Å². The first kappa shape index (κ1) is 24.4. The molecule has 0 atom stereocenters. The van der Waals surface area contributed by atoms with Crippen molar-refractivity contribution in [3.63, 3.8) is 0 Å². The molecule has 1 heteroatoms. The van der Waals surface area contributed by atoms with Gasteiger partial charge in [-0.1, -0.05) is 59.3 Å². The van der Waals surface area contributed by atoms with E-state index in [-0.39, 0.29) is 39.9 Å². The normalized spacial score (nSPS) is 9.96. The first-order chi connectivity index (χ1) is 11.4. The molecule has 137 valence electrons. The summed E-state index contributed by atoms with van der Waals surface area (Å²) in [5.74, 6) is 2.06. The second-order valence-electron chi connectivity index (χ2n) is 7.12. The first-order valence-corrected chi connectivity index (χ1v) is 9.06. The summed E-state index contributed by atoms with van der Waals surface area (Å²) in [5.41, 5.74) is 4.31. The second-order valence-corrected chi connectivity index (χ2v) is 7.12. The molecule has 0 saturated carbocycles. The number of hydrogen-bond donors (Lipinski definition) is 0. The zero-order valence-electron chi connectivity index (χ0n) is 16.5. The molecule has 0 N–H and O–H groups in total. The second kappa shape index (κ2) is 13.6. The zero-order valence-corrected chi connectivity index (χ0v) is 18.8. The maximum Gasteiger partial charge on any atom is 3.00 e. The van der Waals surface area contributed by atoms with Crippen molar-refractivity contribution in [2.45, 2.75) is 59.3 Å². The Kier molecular flexibility index (Phi) is 13.2. The maximum absolute atomic E-state index is 2.20. The Morgan fingerprint density at radius 1 is 0.400 bits per heavy atom. The Bertz CT molecular complexity index is 502. The Hall–Kier alpha value is -0.625. The Labute approximate surface area is 187 Å². The molecule has 3 rings (SSSR count). The molecule has 0 bridgehead atoms. The average molecular weight is 479 g/mol. The molecule has 0 heterocycles. The minimum absolute atomic E-state index is 0. The summed E-state index contributed by atoms with van der Waals surface area (Å²) < 4.78 is 0. The molecule has 1 radical (unpaired) electrons. The van der Waals surface area contributed by atoms with Gasteiger partial charge in [0.1, 0.15) is 0 Å². The smallest absolute Gasteiger partial charge is 0.213 e. The van der Waals surface area contributed by atoms with Crippen molar-refractivity contribution in [3.8, 4) is 0 Å². The molecule has 0 saturated heterocycles. The maximum atomic E-state index is 2.20. The van der Waals surface area contributed by atoms with Crippen LogP contribution in [-0.2, 0) is 0 Å². The monoisotopic (exact) mass is 479 g/mol. The third-order valence-corrected chi connectivity index (χ3v) is 4.07. The first-order valence-electron chi connectivity index (χ1n) is 9.06. The summed E-state index contributed by atoms with van der Waals surface area (Å²) in [6.07, 6.45) is 0. The Balaban J connectivity index is 0.000000339. The molecule has 3 aromatic carbocycles. The fourth-order valence-corrected chi connectivity index (χ4v) is 2.32. The number of rotatable bonds is 3. The van der Waals surface area contributed by atoms with Crippen molar-refractivity contribution in [3.05, 3.63) is 89.5 Å². The van der Waals surface area contributed by atoms with Gasteiger partial charge in [-0.15, -0.1) is 0 Å². The van der Waals surface area contributed by atoms with Gasteiger partial charge < -0.3 is 0 Å². The van der Waals surface area contributed by atoms with Crippen molar-refractivity contribution in [2.24, 2.45) is 0 Å². The van der Waals surface area contributed by atoms with Crippen LogP contribution in [0.25, 0.3) is 0 Å². The van der Waals surface area contributed by atoms with E-state index in [1.807, 2.05) is 0 Å². The molecule has 0 spiro atoms. The van der Waals surface area contributed by atoms with Crippen LogP contribution in [0, 0.1) is 39.9 Å². The molecule has 0 aliphatic heterocycles. The van der Waals surface area contributed by atoms with Crippen LogP contribution in [0.1, 0.15) is 76.0 Å². The van der Waals surface area contributed by atoms with Gasteiger partial charge in [0.2, 0.25) is 0 Å². The Morgan fingerprint density at radius 3 is 0.640 bits per heavy atom. The van der Waals surface area contributed by atoms with E-state index in [0.29, 0.717) is 17.8 Å². The summed E-state index contributed by atoms with van der Waals surface area (Å²) in [6.45, 7) is 13.2. The quantitative estimate of drug-likeness (QED) is 0.340. The summed E-state index contributed by atoms with van der Waals surface area (Å²) >= 11 is 0. The fourth-order valence-electron chi connectivity index (χ4n) is 2.32. The van der Waals surface area contributed by atoms with Gasteiger partial charge in [-0.2, -0.15) is 53.1 Å². The van der Waals surface area contributed by atoms with Crippen LogP contribution in [0.3, 0.4) is 0 Å². The molecule has 3 aromatic rings. The predicted octanol–water partition coefficient (Wildman–Crippen LogP) is 7.59. The van der Waals surface area contributed by atoms with Crippen LogP contribution in [0.4, 0.5) is 0 Å². The minimum Gasteiger partial charge on any atom is -0.213 e. The van der Waals surface area contributed by atoms with Crippen molar-refractivity contribution in [1.82, 2.24) is 0 Å². The van der Waals surface area contributed by atoms with Crippen molar-refractivity contribution < 1.29 is 39.9 Å². The van der Waals surface area contributed by atoms with E-state index in [1.165, 1.54) is 16.7 Å².